The second-order valence-electron chi connectivity index (χ2n) is 8.71. The van der Waals surface area contributed by atoms with Crippen LogP contribution < -0.4 is 15.0 Å². The van der Waals surface area contributed by atoms with Crippen molar-refractivity contribution in [1.82, 2.24) is 15.1 Å². The van der Waals surface area contributed by atoms with Gasteiger partial charge in [0.15, 0.2) is 12.4 Å². The first-order valence-electron chi connectivity index (χ1n) is 11.4. The molecular weight excluding hydrogens is 414 g/mol. The molecule has 4 rings (SSSR count). The maximum atomic E-state index is 12.3. The molecule has 172 valence electrons. The zero-order valence-corrected chi connectivity index (χ0v) is 19.5. The molecule has 0 spiro atoms. The number of benzene rings is 2. The number of ether oxygens (including phenoxy) is 1. The Labute approximate surface area is 195 Å². The summed E-state index contributed by atoms with van der Waals surface area (Å²) < 4.78 is 5.60. The number of hydrogen-bond acceptors (Lipinski definition) is 6. The van der Waals surface area contributed by atoms with Crippen LogP contribution in [0.5, 0.6) is 5.75 Å². The number of carbonyl (C=O) groups excluding carboxylic acids is 1. The van der Waals surface area contributed by atoms with Crippen LogP contribution in [0.1, 0.15) is 25.3 Å². The molecule has 0 bridgehead atoms. The van der Waals surface area contributed by atoms with E-state index in [-0.39, 0.29) is 12.5 Å². The Morgan fingerprint density at radius 3 is 2.24 bits per heavy atom. The lowest BCUT2D eigenvalue weighted by Crippen LogP contribution is -2.44. The van der Waals surface area contributed by atoms with E-state index < -0.39 is 0 Å². The van der Waals surface area contributed by atoms with Gasteiger partial charge in [0.1, 0.15) is 5.75 Å². The number of rotatable bonds is 7. The maximum absolute atomic E-state index is 12.3. The van der Waals surface area contributed by atoms with Gasteiger partial charge in [0.05, 0.1) is 5.69 Å². The Kier molecular flexibility index (Phi) is 7.19. The van der Waals surface area contributed by atoms with Gasteiger partial charge in [-0.1, -0.05) is 38.1 Å². The van der Waals surface area contributed by atoms with Crippen molar-refractivity contribution in [3.05, 3.63) is 66.2 Å². The van der Waals surface area contributed by atoms with Crippen molar-refractivity contribution in [3.63, 3.8) is 0 Å². The number of anilines is 2. The summed E-state index contributed by atoms with van der Waals surface area (Å²) in [6, 6.07) is 19.4. The van der Waals surface area contributed by atoms with Crippen LogP contribution in [0.3, 0.4) is 0 Å². The SMILES string of the molecule is CC(C)c1ccc(OCC(=O)Nc2ccc(-c3ccc(N4CCN(C)CC4)nn3)cc2)cc1. The van der Waals surface area contributed by atoms with Crippen LogP contribution in [0.2, 0.25) is 0 Å². The normalized spacial score (nSPS) is 14.4. The van der Waals surface area contributed by atoms with Crippen molar-refractivity contribution in [1.29, 1.82) is 0 Å². The number of amides is 1. The van der Waals surface area contributed by atoms with Crippen LogP contribution in [-0.2, 0) is 4.79 Å². The van der Waals surface area contributed by atoms with Gasteiger partial charge < -0.3 is 19.9 Å². The molecule has 1 N–H and O–H groups in total. The Balaban J connectivity index is 1.29. The topological polar surface area (TPSA) is 70.6 Å². The highest BCUT2D eigenvalue weighted by molar-refractivity contribution is 5.92. The van der Waals surface area contributed by atoms with Gasteiger partial charge in [-0.3, -0.25) is 4.79 Å². The van der Waals surface area contributed by atoms with E-state index in [4.69, 9.17) is 4.74 Å². The fourth-order valence-corrected chi connectivity index (χ4v) is 3.70. The van der Waals surface area contributed by atoms with Crippen LogP contribution in [-0.4, -0.2) is 60.8 Å². The number of aromatic nitrogens is 2. The van der Waals surface area contributed by atoms with Crippen molar-refractivity contribution >= 4 is 17.4 Å². The van der Waals surface area contributed by atoms with E-state index in [0.29, 0.717) is 17.4 Å². The second kappa shape index (κ2) is 10.4. The minimum Gasteiger partial charge on any atom is -0.484 e. The van der Waals surface area contributed by atoms with Crippen molar-refractivity contribution in [3.8, 4) is 17.0 Å². The smallest absolute Gasteiger partial charge is 0.262 e. The molecule has 33 heavy (non-hydrogen) atoms. The van der Waals surface area contributed by atoms with Crippen LogP contribution in [0.25, 0.3) is 11.3 Å². The van der Waals surface area contributed by atoms with E-state index in [0.717, 1.165) is 43.3 Å². The Hall–Kier alpha value is -3.45. The summed E-state index contributed by atoms with van der Waals surface area (Å²) in [6.07, 6.45) is 0. The predicted molar refractivity (Wildman–Crippen MR) is 132 cm³/mol. The molecule has 7 nitrogen and oxygen atoms in total. The van der Waals surface area contributed by atoms with Crippen LogP contribution >= 0.6 is 0 Å². The van der Waals surface area contributed by atoms with Crippen LogP contribution in [0.4, 0.5) is 11.5 Å². The number of carbonyl (C=O) groups is 1. The quantitative estimate of drug-likeness (QED) is 0.592. The molecule has 1 amide bonds. The summed E-state index contributed by atoms with van der Waals surface area (Å²) in [7, 11) is 2.14. The lowest BCUT2D eigenvalue weighted by Gasteiger charge is -2.32. The van der Waals surface area contributed by atoms with Gasteiger partial charge in [0, 0.05) is 37.4 Å². The van der Waals surface area contributed by atoms with Gasteiger partial charge in [-0.25, -0.2) is 0 Å². The molecule has 7 heteroatoms. The van der Waals surface area contributed by atoms with E-state index in [1.54, 1.807) is 0 Å². The maximum Gasteiger partial charge on any atom is 0.262 e. The zero-order valence-electron chi connectivity index (χ0n) is 19.5. The van der Waals surface area contributed by atoms with Gasteiger partial charge in [-0.15, -0.1) is 10.2 Å². The lowest BCUT2D eigenvalue weighted by molar-refractivity contribution is -0.118. The molecule has 1 aromatic heterocycles. The number of nitrogens with zero attached hydrogens (tertiary/aromatic N) is 4. The minimum absolute atomic E-state index is 0.0397. The molecule has 0 aliphatic carbocycles. The summed E-state index contributed by atoms with van der Waals surface area (Å²) in [6.45, 7) is 8.24. The van der Waals surface area contributed by atoms with E-state index in [1.807, 2.05) is 60.7 Å². The molecular formula is C26H31N5O2. The van der Waals surface area contributed by atoms with E-state index in [2.05, 4.69) is 46.2 Å². The third-order valence-electron chi connectivity index (χ3n) is 5.86. The summed E-state index contributed by atoms with van der Waals surface area (Å²) in [5.74, 6) is 1.86. The standard InChI is InChI=1S/C26H31N5O2/c1-19(2)20-6-10-23(11-7-20)33-18-26(32)27-22-8-4-21(5-9-22)24-12-13-25(29-28-24)31-16-14-30(3)15-17-31/h4-13,19H,14-18H2,1-3H3,(H,27,32). The number of hydrogen-bond donors (Lipinski definition) is 1. The van der Waals surface area contributed by atoms with Crippen molar-refractivity contribution < 1.29 is 9.53 Å². The molecule has 3 aromatic rings. The molecule has 1 saturated heterocycles. The van der Waals surface area contributed by atoms with Crippen LogP contribution in [0.15, 0.2) is 60.7 Å². The van der Waals surface area contributed by atoms with Crippen molar-refractivity contribution in [2.45, 2.75) is 19.8 Å². The highest BCUT2D eigenvalue weighted by Gasteiger charge is 2.15. The molecule has 1 aliphatic rings. The third kappa shape index (κ3) is 6.08. The van der Waals surface area contributed by atoms with Gasteiger partial charge in [-0.05, 0) is 54.9 Å². The number of piperazine rings is 1. The molecule has 1 aliphatic heterocycles. The molecule has 2 heterocycles. The Morgan fingerprint density at radius 1 is 0.939 bits per heavy atom. The van der Waals surface area contributed by atoms with Gasteiger partial charge in [-0.2, -0.15) is 0 Å². The first kappa shape index (κ1) is 22.7. The summed E-state index contributed by atoms with van der Waals surface area (Å²) in [4.78, 5) is 16.8. The van der Waals surface area contributed by atoms with Crippen molar-refractivity contribution in [2.24, 2.45) is 0 Å². The average molecular weight is 446 g/mol. The molecule has 0 radical (unpaired) electrons. The number of likely N-dealkylation sites (N-methyl/N-ethyl adjacent to an activating group) is 1. The first-order chi connectivity index (χ1) is 16.0. The molecule has 0 unspecified atom stereocenters. The Bertz CT molecular complexity index is 1040. The summed E-state index contributed by atoms with van der Waals surface area (Å²) in [5, 5.41) is 11.7. The minimum atomic E-state index is -0.202. The first-order valence-corrected chi connectivity index (χ1v) is 11.4. The second-order valence-corrected chi connectivity index (χ2v) is 8.71. The summed E-state index contributed by atoms with van der Waals surface area (Å²) >= 11 is 0. The van der Waals surface area contributed by atoms with Gasteiger partial charge >= 0.3 is 0 Å². The highest BCUT2D eigenvalue weighted by Crippen LogP contribution is 2.22. The lowest BCUT2D eigenvalue weighted by atomic mass is 10.0. The third-order valence-corrected chi connectivity index (χ3v) is 5.86. The Morgan fingerprint density at radius 2 is 1.64 bits per heavy atom. The van der Waals surface area contributed by atoms with Gasteiger partial charge in [0.2, 0.25) is 0 Å². The molecule has 0 atom stereocenters. The molecule has 2 aromatic carbocycles. The number of nitrogens with one attached hydrogen (secondary N) is 1. The highest BCUT2D eigenvalue weighted by atomic mass is 16.5. The zero-order chi connectivity index (χ0) is 23.2. The van der Waals surface area contributed by atoms with E-state index in [1.165, 1.54) is 5.56 Å². The fraction of sp³-hybridized carbons (Fsp3) is 0.346. The largest absolute Gasteiger partial charge is 0.484 e. The van der Waals surface area contributed by atoms with E-state index in [9.17, 15) is 4.79 Å². The van der Waals surface area contributed by atoms with Crippen LogP contribution in [0, 0.1) is 0 Å². The van der Waals surface area contributed by atoms with E-state index >= 15 is 0 Å². The monoisotopic (exact) mass is 445 g/mol. The predicted octanol–water partition coefficient (Wildman–Crippen LogP) is 4.04. The molecule has 1 fully saturated rings. The fourth-order valence-electron chi connectivity index (χ4n) is 3.70. The average Bonchev–Trinajstić information content (AvgIpc) is 2.84. The summed E-state index contributed by atoms with van der Waals surface area (Å²) in [5.41, 5.74) is 3.71. The molecule has 0 saturated carbocycles. The van der Waals surface area contributed by atoms with Gasteiger partial charge in [0.25, 0.3) is 5.91 Å². The van der Waals surface area contributed by atoms with Crippen molar-refractivity contribution in [2.75, 3.05) is 50.1 Å².